The van der Waals surface area contributed by atoms with Gasteiger partial charge in [-0.05, 0) is 36.8 Å². The van der Waals surface area contributed by atoms with Crippen LogP contribution in [-0.2, 0) is 4.79 Å². The second kappa shape index (κ2) is 8.13. The summed E-state index contributed by atoms with van der Waals surface area (Å²) in [4.78, 5) is 11.7. The molecule has 0 aliphatic heterocycles. The highest BCUT2D eigenvalue weighted by molar-refractivity contribution is 6.35. The highest BCUT2D eigenvalue weighted by Crippen LogP contribution is 2.27. The normalized spacial score (nSPS) is 10.4. The number of ether oxygens (including phenoxy) is 1. The maximum absolute atomic E-state index is 13.0. The summed E-state index contributed by atoms with van der Waals surface area (Å²) in [7, 11) is 0. The van der Waals surface area contributed by atoms with Crippen molar-refractivity contribution in [1.29, 1.82) is 0 Å². The number of halogens is 4. The van der Waals surface area contributed by atoms with Crippen molar-refractivity contribution < 1.29 is 18.3 Å². The van der Waals surface area contributed by atoms with Crippen molar-refractivity contribution in [2.75, 3.05) is 11.9 Å². The van der Waals surface area contributed by atoms with Crippen LogP contribution >= 0.6 is 23.2 Å². The predicted octanol–water partition coefficient (Wildman–Crippen LogP) is 5.07. The molecule has 1 N–H and O–H groups in total. The van der Waals surface area contributed by atoms with Gasteiger partial charge in [-0.2, -0.15) is 0 Å². The van der Waals surface area contributed by atoms with Gasteiger partial charge in [0.2, 0.25) is 5.91 Å². The second-order valence-electron chi connectivity index (χ2n) is 4.73. The quantitative estimate of drug-likeness (QED) is 0.731. The van der Waals surface area contributed by atoms with Crippen LogP contribution in [0.1, 0.15) is 12.8 Å². The van der Waals surface area contributed by atoms with Crippen molar-refractivity contribution in [2.45, 2.75) is 12.8 Å². The standard InChI is InChI=1S/C16H13Cl2F2NO2/c17-10-3-4-15(14(18)6-10)23-5-1-2-16(22)21-13-8-11(19)7-12(20)9-13/h3-4,6-9H,1-2,5H2,(H,21,22). The molecule has 0 aliphatic carbocycles. The molecule has 2 aromatic rings. The lowest BCUT2D eigenvalue weighted by molar-refractivity contribution is -0.116. The van der Waals surface area contributed by atoms with Gasteiger partial charge in [0.05, 0.1) is 11.6 Å². The molecule has 2 aromatic carbocycles. The Bertz CT molecular complexity index is 690. The Kier molecular flexibility index (Phi) is 6.19. The number of hydrogen-bond acceptors (Lipinski definition) is 2. The molecule has 2 rings (SSSR count). The van der Waals surface area contributed by atoms with E-state index in [9.17, 15) is 13.6 Å². The molecule has 23 heavy (non-hydrogen) atoms. The van der Waals surface area contributed by atoms with E-state index in [1.165, 1.54) is 0 Å². The summed E-state index contributed by atoms with van der Waals surface area (Å²) in [5.74, 6) is -1.38. The predicted molar refractivity (Wildman–Crippen MR) is 86.2 cm³/mol. The smallest absolute Gasteiger partial charge is 0.224 e. The van der Waals surface area contributed by atoms with Crippen molar-refractivity contribution in [3.63, 3.8) is 0 Å². The van der Waals surface area contributed by atoms with Crippen LogP contribution < -0.4 is 10.1 Å². The Labute approximate surface area is 142 Å². The summed E-state index contributed by atoms with van der Waals surface area (Å²) in [6.07, 6.45) is 0.561. The molecule has 3 nitrogen and oxygen atoms in total. The molecule has 0 saturated heterocycles. The lowest BCUT2D eigenvalue weighted by atomic mass is 10.2. The summed E-state index contributed by atoms with van der Waals surface area (Å²) >= 11 is 11.7. The number of benzene rings is 2. The van der Waals surface area contributed by atoms with E-state index in [1.54, 1.807) is 18.2 Å². The zero-order valence-corrected chi connectivity index (χ0v) is 13.4. The number of hydrogen-bond donors (Lipinski definition) is 1. The van der Waals surface area contributed by atoms with Gasteiger partial charge < -0.3 is 10.1 Å². The highest BCUT2D eigenvalue weighted by atomic mass is 35.5. The zero-order valence-electron chi connectivity index (χ0n) is 11.9. The third-order valence-corrected chi connectivity index (χ3v) is 3.38. The van der Waals surface area contributed by atoms with Crippen LogP contribution in [-0.4, -0.2) is 12.5 Å². The fraction of sp³-hybridized carbons (Fsp3) is 0.188. The molecular weight excluding hydrogens is 347 g/mol. The van der Waals surface area contributed by atoms with Crippen molar-refractivity contribution in [3.8, 4) is 5.75 Å². The van der Waals surface area contributed by atoms with Gasteiger partial charge in [-0.25, -0.2) is 8.78 Å². The van der Waals surface area contributed by atoms with Gasteiger partial charge in [-0.15, -0.1) is 0 Å². The Morgan fingerprint density at radius 1 is 1.09 bits per heavy atom. The minimum Gasteiger partial charge on any atom is -0.492 e. The van der Waals surface area contributed by atoms with Gasteiger partial charge in [0.25, 0.3) is 0 Å². The highest BCUT2D eigenvalue weighted by Gasteiger charge is 2.07. The van der Waals surface area contributed by atoms with Crippen LogP contribution in [0.25, 0.3) is 0 Å². The SMILES string of the molecule is O=C(CCCOc1ccc(Cl)cc1Cl)Nc1cc(F)cc(F)c1. The van der Waals surface area contributed by atoms with Gasteiger partial charge in [0.1, 0.15) is 17.4 Å². The van der Waals surface area contributed by atoms with Gasteiger partial charge in [0, 0.05) is 23.2 Å². The van der Waals surface area contributed by atoms with Gasteiger partial charge in [-0.3, -0.25) is 4.79 Å². The molecule has 0 aromatic heterocycles. The van der Waals surface area contributed by atoms with E-state index in [-0.39, 0.29) is 24.6 Å². The van der Waals surface area contributed by atoms with E-state index in [2.05, 4.69) is 5.32 Å². The first-order valence-corrected chi connectivity index (χ1v) is 7.53. The van der Waals surface area contributed by atoms with Crippen molar-refractivity contribution >= 4 is 34.8 Å². The first-order valence-electron chi connectivity index (χ1n) is 6.78. The van der Waals surface area contributed by atoms with Crippen LogP contribution in [0.2, 0.25) is 10.0 Å². The van der Waals surface area contributed by atoms with E-state index in [4.69, 9.17) is 27.9 Å². The largest absolute Gasteiger partial charge is 0.492 e. The molecule has 0 unspecified atom stereocenters. The van der Waals surface area contributed by atoms with Crippen molar-refractivity contribution in [3.05, 3.63) is 58.1 Å². The molecule has 0 spiro atoms. The van der Waals surface area contributed by atoms with Crippen molar-refractivity contribution in [1.82, 2.24) is 0 Å². The van der Waals surface area contributed by atoms with Crippen LogP contribution in [0.4, 0.5) is 14.5 Å². The molecule has 0 heterocycles. The average molecular weight is 360 g/mol. The van der Waals surface area contributed by atoms with E-state index in [0.29, 0.717) is 22.2 Å². The van der Waals surface area contributed by atoms with Gasteiger partial charge in [0.15, 0.2) is 0 Å². The van der Waals surface area contributed by atoms with E-state index < -0.39 is 11.6 Å². The lowest BCUT2D eigenvalue weighted by Gasteiger charge is -2.09. The van der Waals surface area contributed by atoms with Crippen LogP contribution in [0.5, 0.6) is 5.75 Å². The zero-order chi connectivity index (χ0) is 16.8. The third kappa shape index (κ3) is 5.69. The van der Waals surface area contributed by atoms with Crippen LogP contribution in [0, 0.1) is 11.6 Å². The molecule has 0 fully saturated rings. The Balaban J connectivity index is 1.76. The summed E-state index contributed by atoms with van der Waals surface area (Å²) in [5, 5.41) is 3.31. The molecule has 0 aliphatic rings. The first-order chi connectivity index (χ1) is 10.9. The fourth-order valence-electron chi connectivity index (χ4n) is 1.86. The third-order valence-electron chi connectivity index (χ3n) is 2.85. The molecule has 0 atom stereocenters. The average Bonchev–Trinajstić information content (AvgIpc) is 2.44. The summed E-state index contributed by atoms with van der Waals surface area (Å²) in [6.45, 7) is 0.270. The number of amides is 1. The summed E-state index contributed by atoms with van der Waals surface area (Å²) < 4.78 is 31.5. The Morgan fingerprint density at radius 3 is 2.43 bits per heavy atom. The number of nitrogens with one attached hydrogen (secondary N) is 1. The summed E-state index contributed by atoms with van der Waals surface area (Å²) in [6, 6.07) is 7.67. The lowest BCUT2D eigenvalue weighted by Crippen LogP contribution is -2.13. The molecule has 0 bridgehead atoms. The maximum atomic E-state index is 13.0. The molecule has 0 radical (unpaired) electrons. The minimum absolute atomic E-state index is 0.0779. The van der Waals surface area contributed by atoms with Crippen LogP contribution in [0.3, 0.4) is 0 Å². The molecular formula is C16H13Cl2F2NO2. The van der Waals surface area contributed by atoms with E-state index >= 15 is 0 Å². The fourth-order valence-corrected chi connectivity index (χ4v) is 2.32. The number of carbonyl (C=O) groups excluding carboxylic acids is 1. The van der Waals surface area contributed by atoms with Crippen LogP contribution in [0.15, 0.2) is 36.4 Å². The maximum Gasteiger partial charge on any atom is 0.224 e. The molecule has 1 amide bonds. The minimum atomic E-state index is -0.749. The Hall–Kier alpha value is -1.85. The number of rotatable bonds is 6. The van der Waals surface area contributed by atoms with E-state index in [1.807, 2.05) is 0 Å². The molecule has 122 valence electrons. The number of carbonyl (C=O) groups is 1. The van der Waals surface area contributed by atoms with E-state index in [0.717, 1.165) is 18.2 Å². The Morgan fingerprint density at radius 2 is 1.78 bits per heavy atom. The monoisotopic (exact) mass is 359 g/mol. The summed E-state index contributed by atoms with van der Waals surface area (Å²) in [5.41, 5.74) is 0.0779. The number of anilines is 1. The first kappa shape index (κ1) is 17.5. The van der Waals surface area contributed by atoms with Crippen molar-refractivity contribution in [2.24, 2.45) is 0 Å². The molecule has 7 heteroatoms. The topological polar surface area (TPSA) is 38.3 Å². The van der Waals surface area contributed by atoms with Gasteiger partial charge in [-0.1, -0.05) is 23.2 Å². The molecule has 0 saturated carbocycles. The van der Waals surface area contributed by atoms with Gasteiger partial charge >= 0.3 is 0 Å². The second-order valence-corrected chi connectivity index (χ2v) is 5.58.